The van der Waals surface area contributed by atoms with Crippen molar-refractivity contribution in [2.24, 2.45) is 0 Å². The highest BCUT2D eigenvalue weighted by atomic mass is 32.2. The summed E-state index contributed by atoms with van der Waals surface area (Å²) in [5.74, 6) is 0.310. The molecule has 8 nitrogen and oxygen atoms in total. The van der Waals surface area contributed by atoms with Gasteiger partial charge < -0.3 is 0 Å². The molecule has 4 heterocycles. The van der Waals surface area contributed by atoms with Gasteiger partial charge in [-0.2, -0.15) is 0 Å². The van der Waals surface area contributed by atoms with Gasteiger partial charge in [0.15, 0.2) is 0 Å². The number of carbonyl (C=O) groups is 2. The molecule has 0 unspecified atom stereocenters. The summed E-state index contributed by atoms with van der Waals surface area (Å²) in [5.41, 5.74) is 2.63. The molecule has 4 rings (SSSR count). The molecule has 9 heteroatoms. The molecule has 0 bridgehead atoms. The highest BCUT2D eigenvalue weighted by molar-refractivity contribution is 8.18. The molecule has 2 amide bonds. The second kappa shape index (κ2) is 10.7. The van der Waals surface area contributed by atoms with Gasteiger partial charge in [-0.25, -0.2) is 9.97 Å². The Bertz CT molecular complexity index is 1070. The number of amides is 2. The maximum Gasteiger partial charge on any atom is 0.290 e. The molecule has 0 saturated carbocycles. The van der Waals surface area contributed by atoms with Crippen molar-refractivity contribution in [1.29, 1.82) is 0 Å². The monoisotopic (exact) mass is 446 g/mol. The minimum absolute atomic E-state index is 0.344. The first-order chi connectivity index (χ1) is 15.7. The lowest BCUT2D eigenvalue weighted by molar-refractivity contribution is -0.115. The Morgan fingerprint density at radius 2 is 1.62 bits per heavy atom. The second-order valence-electron chi connectivity index (χ2n) is 7.21. The van der Waals surface area contributed by atoms with E-state index in [1.54, 1.807) is 30.7 Å². The lowest BCUT2D eigenvalue weighted by atomic mass is 10.2. The highest BCUT2D eigenvalue weighted by Gasteiger charge is 2.25. The van der Waals surface area contributed by atoms with Crippen molar-refractivity contribution < 1.29 is 9.59 Å². The van der Waals surface area contributed by atoms with Crippen LogP contribution in [0, 0.1) is 0 Å². The zero-order chi connectivity index (χ0) is 22.2. The fourth-order valence-corrected chi connectivity index (χ4v) is 3.95. The van der Waals surface area contributed by atoms with E-state index in [1.807, 2.05) is 36.4 Å². The van der Waals surface area contributed by atoms with E-state index < -0.39 is 0 Å². The maximum absolute atomic E-state index is 11.7. The van der Waals surface area contributed by atoms with Crippen molar-refractivity contribution >= 4 is 29.0 Å². The van der Waals surface area contributed by atoms with Crippen LogP contribution >= 0.6 is 11.8 Å². The zero-order valence-electron chi connectivity index (χ0n) is 17.3. The van der Waals surface area contributed by atoms with Crippen molar-refractivity contribution in [3.63, 3.8) is 0 Å². The van der Waals surface area contributed by atoms with Gasteiger partial charge in [0.1, 0.15) is 5.82 Å². The summed E-state index contributed by atoms with van der Waals surface area (Å²) in [6.45, 7) is 2.28. The summed E-state index contributed by atoms with van der Waals surface area (Å²) in [7, 11) is 0. The third kappa shape index (κ3) is 6.29. The molecule has 1 aliphatic rings. The molecular weight excluding hydrogens is 424 g/mol. The molecule has 1 saturated heterocycles. The summed E-state index contributed by atoms with van der Waals surface area (Å²) in [5, 5.41) is 1.88. The minimum atomic E-state index is -0.389. The topological polar surface area (TPSA) is 101 Å². The van der Waals surface area contributed by atoms with E-state index in [4.69, 9.17) is 0 Å². The Morgan fingerprint density at radius 3 is 2.22 bits per heavy atom. The van der Waals surface area contributed by atoms with Crippen LogP contribution in [0.5, 0.6) is 0 Å². The predicted molar refractivity (Wildman–Crippen MR) is 122 cm³/mol. The van der Waals surface area contributed by atoms with Crippen LogP contribution in [0.3, 0.4) is 0 Å². The lowest BCUT2D eigenvalue weighted by Gasteiger charge is -2.21. The zero-order valence-corrected chi connectivity index (χ0v) is 18.2. The molecule has 0 spiro atoms. The Kier molecular flexibility index (Phi) is 7.31. The molecular formula is C23H22N6O2S. The van der Waals surface area contributed by atoms with Gasteiger partial charge in [0.2, 0.25) is 0 Å². The minimum Gasteiger partial charge on any atom is -0.292 e. The van der Waals surface area contributed by atoms with Crippen molar-refractivity contribution in [1.82, 2.24) is 30.2 Å². The van der Waals surface area contributed by atoms with Crippen LogP contribution in [0.2, 0.25) is 0 Å². The van der Waals surface area contributed by atoms with Gasteiger partial charge in [-0.3, -0.25) is 29.8 Å². The third-order valence-electron chi connectivity index (χ3n) is 4.75. The first-order valence-electron chi connectivity index (χ1n) is 10.2. The molecule has 1 aliphatic heterocycles. The molecule has 3 aromatic rings. The summed E-state index contributed by atoms with van der Waals surface area (Å²) in [4.78, 5) is 43.5. The number of imide groups is 1. The molecule has 162 valence electrons. The summed E-state index contributed by atoms with van der Waals surface area (Å²) in [6, 6.07) is 13.6. The summed E-state index contributed by atoms with van der Waals surface area (Å²) in [6.07, 6.45) is 8.44. The highest BCUT2D eigenvalue weighted by Crippen LogP contribution is 2.24. The molecule has 0 atom stereocenters. The van der Waals surface area contributed by atoms with Crippen LogP contribution in [-0.4, -0.2) is 42.5 Å². The number of rotatable bonds is 9. The van der Waals surface area contributed by atoms with Crippen LogP contribution in [0.15, 0.2) is 66.0 Å². The van der Waals surface area contributed by atoms with E-state index in [9.17, 15) is 9.59 Å². The van der Waals surface area contributed by atoms with Crippen LogP contribution in [-0.2, 0) is 24.3 Å². The van der Waals surface area contributed by atoms with E-state index in [0.717, 1.165) is 49.2 Å². The van der Waals surface area contributed by atoms with Gasteiger partial charge in [0.25, 0.3) is 11.1 Å². The SMILES string of the molecule is O=C1NC(=O)/C(=C/c2ccnc(CCCN(Cc3ccccn3)Cc3ccccn3)n2)S1. The van der Waals surface area contributed by atoms with E-state index in [2.05, 4.69) is 30.2 Å². The third-order valence-corrected chi connectivity index (χ3v) is 5.56. The van der Waals surface area contributed by atoms with Crippen LogP contribution in [0.4, 0.5) is 4.79 Å². The Balaban J connectivity index is 1.38. The fraction of sp³-hybridized carbons (Fsp3) is 0.217. The van der Waals surface area contributed by atoms with Crippen LogP contribution in [0.1, 0.15) is 29.3 Å². The van der Waals surface area contributed by atoms with E-state index in [0.29, 0.717) is 22.8 Å². The number of pyridine rings is 2. The van der Waals surface area contributed by atoms with E-state index in [-0.39, 0.29) is 11.1 Å². The average Bonchev–Trinajstić information content (AvgIpc) is 3.12. The molecule has 1 fully saturated rings. The lowest BCUT2D eigenvalue weighted by Crippen LogP contribution is -2.25. The molecule has 0 radical (unpaired) electrons. The molecule has 1 N–H and O–H groups in total. The Morgan fingerprint density at radius 1 is 0.906 bits per heavy atom. The van der Waals surface area contributed by atoms with Crippen molar-refractivity contribution in [3.05, 3.63) is 88.9 Å². The number of aryl methyl sites for hydroxylation is 1. The maximum atomic E-state index is 11.7. The standard InChI is InChI=1S/C23H22N6O2S/c30-22-20(32-23(31)28-22)14-17-9-12-26-21(27-17)8-5-13-29(15-18-6-1-3-10-24-18)16-19-7-2-4-11-25-19/h1-4,6-7,9-12,14H,5,8,13,15-16H2,(H,28,30,31)/b20-14-. The summed E-state index contributed by atoms with van der Waals surface area (Å²) < 4.78 is 0. The van der Waals surface area contributed by atoms with E-state index in [1.165, 1.54) is 0 Å². The van der Waals surface area contributed by atoms with Gasteiger partial charge in [-0.05, 0) is 61.1 Å². The smallest absolute Gasteiger partial charge is 0.290 e. The van der Waals surface area contributed by atoms with Gasteiger partial charge in [-0.15, -0.1) is 0 Å². The number of carbonyl (C=O) groups excluding carboxylic acids is 2. The number of hydrogen-bond donors (Lipinski definition) is 1. The van der Waals surface area contributed by atoms with Crippen LogP contribution in [0.25, 0.3) is 6.08 Å². The molecule has 32 heavy (non-hydrogen) atoms. The van der Waals surface area contributed by atoms with Crippen molar-refractivity contribution in [2.75, 3.05) is 6.54 Å². The number of nitrogens with one attached hydrogen (secondary N) is 1. The number of thioether (sulfide) groups is 1. The number of aromatic nitrogens is 4. The normalized spacial score (nSPS) is 14.8. The first-order valence-corrected chi connectivity index (χ1v) is 11.1. The van der Waals surface area contributed by atoms with Crippen LogP contribution < -0.4 is 5.32 Å². The van der Waals surface area contributed by atoms with Crippen molar-refractivity contribution in [3.8, 4) is 0 Å². The van der Waals surface area contributed by atoms with Gasteiger partial charge in [-0.1, -0.05) is 12.1 Å². The van der Waals surface area contributed by atoms with Gasteiger partial charge in [0, 0.05) is 38.1 Å². The largest absolute Gasteiger partial charge is 0.292 e. The second-order valence-corrected chi connectivity index (χ2v) is 8.22. The Hall–Kier alpha value is -3.43. The van der Waals surface area contributed by atoms with Gasteiger partial charge >= 0.3 is 0 Å². The van der Waals surface area contributed by atoms with Gasteiger partial charge in [0.05, 0.1) is 22.0 Å². The number of hydrogen-bond acceptors (Lipinski definition) is 8. The number of nitrogens with zero attached hydrogens (tertiary/aromatic N) is 5. The molecule has 0 aromatic carbocycles. The molecule has 3 aromatic heterocycles. The van der Waals surface area contributed by atoms with Crippen molar-refractivity contribution in [2.45, 2.75) is 25.9 Å². The predicted octanol–water partition coefficient (Wildman–Crippen LogP) is 3.23. The molecule has 0 aliphatic carbocycles. The quantitative estimate of drug-likeness (QED) is 0.500. The van der Waals surface area contributed by atoms with E-state index >= 15 is 0 Å². The summed E-state index contributed by atoms with van der Waals surface area (Å²) >= 11 is 0.880. The first kappa shape index (κ1) is 21.8. The Labute approximate surface area is 190 Å². The average molecular weight is 447 g/mol. The fourth-order valence-electron chi connectivity index (χ4n) is 3.29.